The van der Waals surface area contributed by atoms with Crippen LogP contribution in [0.5, 0.6) is 0 Å². The van der Waals surface area contributed by atoms with Gasteiger partial charge >= 0.3 is 0 Å². The zero-order chi connectivity index (χ0) is 19.6. The maximum absolute atomic E-state index is 12.6. The molecule has 1 amide bonds. The third-order valence-corrected chi connectivity index (χ3v) is 7.09. The highest BCUT2D eigenvalue weighted by atomic mass is 32.1. The quantitative estimate of drug-likeness (QED) is 0.704. The third kappa shape index (κ3) is 4.14. The second kappa shape index (κ2) is 8.13. The molecule has 1 aromatic heterocycles. The van der Waals surface area contributed by atoms with Gasteiger partial charge in [0.2, 0.25) is 5.91 Å². The fourth-order valence-corrected chi connectivity index (χ4v) is 5.18. The summed E-state index contributed by atoms with van der Waals surface area (Å²) in [7, 11) is 0. The Kier molecular flexibility index (Phi) is 5.21. The summed E-state index contributed by atoms with van der Waals surface area (Å²) in [6, 6.07) is 19.1. The molecule has 2 aliphatic heterocycles. The number of amides is 1. The lowest BCUT2D eigenvalue weighted by Crippen LogP contribution is -2.56. The number of nitrogens with zero attached hydrogens (tertiary/aromatic N) is 3. The summed E-state index contributed by atoms with van der Waals surface area (Å²) in [6.07, 6.45) is 2.07. The number of piperidine rings is 1. The summed E-state index contributed by atoms with van der Waals surface area (Å²) >= 11 is 1.71. The normalized spacial score (nSPS) is 18.7. The molecule has 2 aliphatic rings. The monoisotopic (exact) mass is 406 g/mol. The van der Waals surface area contributed by atoms with Crippen molar-refractivity contribution in [3.63, 3.8) is 0 Å². The van der Waals surface area contributed by atoms with Crippen LogP contribution in [0.3, 0.4) is 0 Å². The second-order valence-electron chi connectivity index (χ2n) is 8.11. The first-order chi connectivity index (χ1) is 14.2. The van der Waals surface area contributed by atoms with Crippen LogP contribution in [-0.2, 0) is 11.3 Å². The van der Waals surface area contributed by atoms with E-state index in [9.17, 15) is 4.79 Å². The average Bonchev–Trinajstić information content (AvgIpc) is 3.13. The highest BCUT2D eigenvalue weighted by Crippen LogP contribution is 2.32. The molecule has 0 bridgehead atoms. The number of para-hydroxylation sites is 1. The van der Waals surface area contributed by atoms with E-state index in [-0.39, 0.29) is 11.8 Å². The van der Waals surface area contributed by atoms with E-state index in [0.29, 0.717) is 6.04 Å². The van der Waals surface area contributed by atoms with E-state index in [4.69, 9.17) is 4.98 Å². The molecule has 0 radical (unpaired) electrons. The van der Waals surface area contributed by atoms with Crippen LogP contribution in [0.15, 0.2) is 54.6 Å². The Labute approximate surface area is 175 Å². The van der Waals surface area contributed by atoms with Crippen LogP contribution in [0.2, 0.25) is 0 Å². The first kappa shape index (κ1) is 18.6. The first-order valence-electron chi connectivity index (χ1n) is 10.4. The van der Waals surface area contributed by atoms with Crippen molar-refractivity contribution >= 4 is 32.6 Å². The molecule has 3 aromatic rings. The van der Waals surface area contributed by atoms with Crippen molar-refractivity contribution < 1.29 is 4.79 Å². The molecule has 0 atom stereocenters. The van der Waals surface area contributed by atoms with E-state index in [0.717, 1.165) is 56.2 Å². The van der Waals surface area contributed by atoms with E-state index in [1.165, 1.54) is 10.3 Å². The minimum atomic E-state index is 0.0874. The lowest BCUT2D eigenvalue weighted by molar-refractivity contribution is -0.126. The second-order valence-corrected chi connectivity index (χ2v) is 9.12. The van der Waals surface area contributed by atoms with E-state index in [1.807, 2.05) is 18.2 Å². The van der Waals surface area contributed by atoms with Gasteiger partial charge in [-0.3, -0.25) is 9.69 Å². The van der Waals surface area contributed by atoms with E-state index in [2.05, 4.69) is 51.5 Å². The van der Waals surface area contributed by atoms with Crippen molar-refractivity contribution in [1.29, 1.82) is 0 Å². The van der Waals surface area contributed by atoms with Crippen LogP contribution in [-0.4, -0.2) is 48.0 Å². The van der Waals surface area contributed by atoms with Crippen LogP contribution >= 0.6 is 11.3 Å². The molecular weight excluding hydrogens is 380 g/mol. The van der Waals surface area contributed by atoms with Gasteiger partial charge < -0.3 is 10.2 Å². The largest absolute Gasteiger partial charge is 0.353 e. The highest BCUT2D eigenvalue weighted by molar-refractivity contribution is 7.22. The van der Waals surface area contributed by atoms with Gasteiger partial charge in [0.1, 0.15) is 0 Å². The van der Waals surface area contributed by atoms with Crippen LogP contribution < -0.4 is 10.2 Å². The Balaban J connectivity index is 1.07. The number of aromatic nitrogens is 1. The Morgan fingerprint density at radius 3 is 2.52 bits per heavy atom. The van der Waals surface area contributed by atoms with Gasteiger partial charge in [-0.15, -0.1) is 0 Å². The summed E-state index contributed by atoms with van der Waals surface area (Å²) in [5.41, 5.74) is 2.40. The van der Waals surface area contributed by atoms with Crippen molar-refractivity contribution in [3.8, 4) is 0 Å². The number of anilines is 1. The van der Waals surface area contributed by atoms with Gasteiger partial charge in [0.25, 0.3) is 0 Å². The molecule has 150 valence electrons. The summed E-state index contributed by atoms with van der Waals surface area (Å²) in [6.45, 7) is 4.64. The zero-order valence-electron chi connectivity index (χ0n) is 16.5. The molecule has 2 aromatic carbocycles. The molecule has 5 nitrogen and oxygen atoms in total. The van der Waals surface area contributed by atoms with E-state index < -0.39 is 0 Å². The van der Waals surface area contributed by atoms with Gasteiger partial charge in [-0.25, -0.2) is 4.98 Å². The predicted molar refractivity (Wildman–Crippen MR) is 118 cm³/mol. The summed E-state index contributed by atoms with van der Waals surface area (Å²) in [5, 5.41) is 4.33. The standard InChI is InChI=1S/C23H26N4OS/c28-22(18-15-27(16-18)23-25-20-8-4-5-9-21(20)29-23)24-19-10-12-26(13-11-19)14-17-6-2-1-3-7-17/h1-9,18-19H,10-16H2,(H,24,28). The molecule has 3 heterocycles. The fourth-order valence-electron chi connectivity index (χ4n) is 4.19. The van der Waals surface area contributed by atoms with Crippen molar-refractivity contribution in [1.82, 2.24) is 15.2 Å². The molecule has 0 aliphatic carbocycles. The van der Waals surface area contributed by atoms with Crippen molar-refractivity contribution in [2.24, 2.45) is 5.92 Å². The lowest BCUT2D eigenvalue weighted by atomic mass is 9.97. The number of benzene rings is 2. The zero-order valence-corrected chi connectivity index (χ0v) is 17.3. The number of thiazole rings is 1. The topological polar surface area (TPSA) is 48.5 Å². The van der Waals surface area contributed by atoms with Crippen molar-refractivity contribution in [2.75, 3.05) is 31.1 Å². The molecule has 0 spiro atoms. The maximum atomic E-state index is 12.6. The molecule has 0 unspecified atom stereocenters. The summed E-state index contributed by atoms with van der Waals surface area (Å²) in [4.78, 5) is 22.0. The summed E-state index contributed by atoms with van der Waals surface area (Å²) in [5.74, 6) is 0.299. The number of rotatable bonds is 5. The lowest BCUT2D eigenvalue weighted by Gasteiger charge is -2.39. The molecule has 5 rings (SSSR count). The number of fused-ring (bicyclic) bond motifs is 1. The Morgan fingerprint density at radius 1 is 1.03 bits per heavy atom. The van der Waals surface area contributed by atoms with Gasteiger partial charge in [-0.1, -0.05) is 53.8 Å². The summed E-state index contributed by atoms with van der Waals surface area (Å²) < 4.78 is 1.21. The predicted octanol–water partition coefficient (Wildman–Crippen LogP) is 3.51. The van der Waals surface area contributed by atoms with Gasteiger partial charge in [-0.2, -0.15) is 0 Å². The smallest absolute Gasteiger partial charge is 0.226 e. The van der Waals surface area contributed by atoms with E-state index >= 15 is 0 Å². The number of nitrogens with one attached hydrogen (secondary N) is 1. The molecule has 0 saturated carbocycles. The fraction of sp³-hybridized carbons (Fsp3) is 0.391. The Morgan fingerprint density at radius 2 is 1.76 bits per heavy atom. The van der Waals surface area contributed by atoms with Gasteiger partial charge in [-0.05, 0) is 30.5 Å². The van der Waals surface area contributed by atoms with Crippen molar-refractivity contribution in [2.45, 2.75) is 25.4 Å². The third-order valence-electron chi connectivity index (χ3n) is 5.99. The molecule has 29 heavy (non-hydrogen) atoms. The number of carbonyl (C=O) groups excluding carboxylic acids is 1. The van der Waals surface area contributed by atoms with E-state index in [1.54, 1.807) is 11.3 Å². The number of hydrogen-bond donors (Lipinski definition) is 1. The van der Waals surface area contributed by atoms with Gasteiger partial charge in [0.15, 0.2) is 5.13 Å². The molecule has 1 N–H and O–H groups in total. The molecular formula is C23H26N4OS. The Hall–Kier alpha value is -2.44. The average molecular weight is 407 g/mol. The Bertz CT molecular complexity index is 942. The number of hydrogen-bond acceptors (Lipinski definition) is 5. The number of likely N-dealkylation sites (tertiary alicyclic amines) is 1. The minimum Gasteiger partial charge on any atom is -0.353 e. The van der Waals surface area contributed by atoms with Crippen LogP contribution in [0.4, 0.5) is 5.13 Å². The van der Waals surface area contributed by atoms with Gasteiger partial charge in [0, 0.05) is 38.8 Å². The minimum absolute atomic E-state index is 0.0874. The van der Waals surface area contributed by atoms with Gasteiger partial charge in [0.05, 0.1) is 16.1 Å². The first-order valence-corrected chi connectivity index (χ1v) is 11.2. The van der Waals surface area contributed by atoms with Crippen LogP contribution in [0.25, 0.3) is 10.2 Å². The van der Waals surface area contributed by atoms with Crippen LogP contribution in [0.1, 0.15) is 18.4 Å². The van der Waals surface area contributed by atoms with Crippen LogP contribution in [0, 0.1) is 5.92 Å². The molecule has 2 fully saturated rings. The molecule has 2 saturated heterocycles. The van der Waals surface area contributed by atoms with Crippen molar-refractivity contribution in [3.05, 3.63) is 60.2 Å². The highest BCUT2D eigenvalue weighted by Gasteiger charge is 2.35. The maximum Gasteiger partial charge on any atom is 0.226 e. The number of carbonyl (C=O) groups is 1. The molecule has 6 heteroatoms. The SMILES string of the molecule is O=C(NC1CCN(Cc2ccccc2)CC1)C1CN(c2nc3ccccc3s2)C1.